The maximum Gasteiger partial charge on any atom is 3.00 e. The van der Waals surface area contributed by atoms with Crippen LogP contribution in [0, 0.1) is 0 Å². The Morgan fingerprint density at radius 3 is 0.944 bits per heavy atom. The third-order valence-electron chi connectivity index (χ3n) is 2.04. The maximum absolute atomic E-state index is 4.76. The molecule has 0 N–H and O–H groups in total. The van der Waals surface area contributed by atoms with Crippen LogP contribution in [0.3, 0.4) is 0 Å². The topological polar surface area (TPSA) is 6.48 Å². The molecule has 0 spiro atoms. The summed E-state index contributed by atoms with van der Waals surface area (Å²) in [5.41, 5.74) is 0. The molecule has 0 atom stereocenters. The van der Waals surface area contributed by atoms with Crippen LogP contribution >= 0.6 is 24.4 Å². The average molecular weight is 423 g/mol. The van der Waals surface area contributed by atoms with E-state index in [1.807, 2.05) is 37.5 Å². The number of hydrogen-bond acceptors (Lipinski definition) is 4. The van der Waals surface area contributed by atoms with Crippen molar-refractivity contribution in [2.75, 3.05) is 26.2 Å². The van der Waals surface area contributed by atoms with Crippen molar-refractivity contribution in [3.05, 3.63) is 0 Å². The van der Waals surface area contributed by atoms with Crippen LogP contribution in [0.4, 0.5) is 0 Å². The zero-order valence-corrected chi connectivity index (χ0v) is 17.7. The van der Waals surface area contributed by atoms with Crippen LogP contribution in [0.5, 0.6) is 0 Å². The summed E-state index contributed by atoms with van der Waals surface area (Å²) >= 11 is 19.0. The van der Waals surface area contributed by atoms with Gasteiger partial charge in [-0.2, -0.15) is 0 Å². The van der Waals surface area contributed by atoms with Crippen molar-refractivity contribution in [2.24, 2.45) is 0 Å². The Hall–Kier alpha value is 1.39. The first kappa shape index (κ1) is 27.7. The molecule has 105 valence electrons. The van der Waals surface area contributed by atoms with Crippen LogP contribution in [0.15, 0.2) is 0 Å². The molecule has 0 bridgehead atoms. The molecule has 0 aliphatic heterocycles. The number of hydrogen-bond donors (Lipinski definition) is 0. The molecule has 0 aromatic carbocycles. The zero-order chi connectivity index (χ0) is 13.1. The summed E-state index contributed by atoms with van der Waals surface area (Å²) in [5, 5.41) is 0. The Labute approximate surface area is 159 Å². The Morgan fingerprint density at radius 1 is 0.778 bits per heavy atom. The fraction of sp³-hybridized carbons (Fsp3) is 0.800. The van der Waals surface area contributed by atoms with Crippen LogP contribution < -0.4 is 12.4 Å². The molecule has 1 radical (unpaired) electrons. The van der Waals surface area contributed by atoms with Gasteiger partial charge in [0.2, 0.25) is 0 Å². The molecule has 0 saturated carbocycles. The van der Waals surface area contributed by atoms with Crippen LogP contribution in [-0.4, -0.2) is 44.6 Å². The van der Waals surface area contributed by atoms with Gasteiger partial charge >= 0.3 is 26.2 Å². The predicted molar refractivity (Wildman–Crippen MR) is 85.8 cm³/mol. The molecule has 0 unspecified atom stereocenters. The normalized spacial score (nSPS) is 7.78. The fourth-order valence-corrected chi connectivity index (χ4v) is 2.00. The molecule has 8 heteroatoms. The van der Waals surface area contributed by atoms with Crippen LogP contribution in [0.2, 0.25) is 0 Å². The Kier molecular flexibility index (Phi) is 28.3. The minimum atomic E-state index is 0. The molecular formula is C10H20ClN2S4Zr. The van der Waals surface area contributed by atoms with Gasteiger partial charge in [0.05, 0.1) is 0 Å². The first-order valence-electron chi connectivity index (χ1n) is 5.36. The fourth-order valence-electron chi connectivity index (χ4n) is 0.964. The molecule has 0 rings (SSSR count). The van der Waals surface area contributed by atoms with Gasteiger partial charge in [-0.15, -0.1) is 0 Å². The van der Waals surface area contributed by atoms with E-state index in [0.29, 0.717) is 8.64 Å². The van der Waals surface area contributed by atoms with Crippen molar-refractivity contribution in [2.45, 2.75) is 27.7 Å². The van der Waals surface area contributed by atoms with Crippen molar-refractivity contribution < 1.29 is 38.6 Å². The minimum Gasteiger partial charge on any atom is -1.00 e. The van der Waals surface area contributed by atoms with Gasteiger partial charge in [0.15, 0.2) is 0 Å². The summed E-state index contributed by atoms with van der Waals surface area (Å²) in [4.78, 5) is 3.93. The van der Waals surface area contributed by atoms with Crippen LogP contribution in [0.1, 0.15) is 27.7 Å². The third kappa shape index (κ3) is 15.5. The molecule has 2 nitrogen and oxygen atoms in total. The van der Waals surface area contributed by atoms with Gasteiger partial charge < -0.3 is 71.9 Å². The second-order valence-corrected chi connectivity index (χ2v) is 4.94. The standard InChI is InChI=1S/2C5H11NS2.ClH.Zr/c2*1-3-6(4-2)5(7)8;;/h2*3-4H2,1-2H3,(H,7,8);1H;/q;;;+3/p-3. The number of thiocarbonyl (C=S) groups is 2. The van der Waals surface area contributed by atoms with E-state index in [-0.39, 0.29) is 38.6 Å². The molecule has 0 aliphatic rings. The first-order valence-corrected chi connectivity index (χ1v) is 6.99. The van der Waals surface area contributed by atoms with Crippen molar-refractivity contribution in [1.29, 1.82) is 0 Å². The summed E-state index contributed by atoms with van der Waals surface area (Å²) in [6.07, 6.45) is 0. The van der Waals surface area contributed by atoms with Gasteiger partial charge in [-0.1, -0.05) is 8.64 Å². The zero-order valence-electron chi connectivity index (χ0n) is 11.2. The Bertz CT molecular complexity index is 190. The molecule has 0 amide bonds. The second kappa shape index (κ2) is 18.4. The molecule has 18 heavy (non-hydrogen) atoms. The molecule has 0 fully saturated rings. The summed E-state index contributed by atoms with van der Waals surface area (Å²) in [6, 6.07) is 0. The molecule has 0 aromatic heterocycles. The largest absolute Gasteiger partial charge is 3.00 e. The summed E-state index contributed by atoms with van der Waals surface area (Å²) in [5.74, 6) is 0. The third-order valence-corrected chi connectivity index (χ3v) is 3.08. The van der Waals surface area contributed by atoms with Crippen LogP contribution in [0.25, 0.3) is 0 Å². The van der Waals surface area contributed by atoms with E-state index < -0.39 is 0 Å². The van der Waals surface area contributed by atoms with E-state index in [4.69, 9.17) is 49.7 Å². The molecular weight excluding hydrogens is 403 g/mol. The number of nitrogens with zero attached hydrogens (tertiary/aromatic N) is 2. The van der Waals surface area contributed by atoms with E-state index in [9.17, 15) is 0 Å². The molecule has 0 heterocycles. The van der Waals surface area contributed by atoms with Gasteiger partial charge in [-0.25, -0.2) is 0 Å². The van der Waals surface area contributed by atoms with Crippen molar-refractivity contribution in [1.82, 2.24) is 9.80 Å². The molecule has 0 aromatic rings. The Balaban J connectivity index is -0.0000000980. The van der Waals surface area contributed by atoms with Gasteiger partial charge in [-0.3, -0.25) is 0 Å². The van der Waals surface area contributed by atoms with Crippen molar-refractivity contribution >= 4 is 58.3 Å². The predicted octanol–water partition coefficient (Wildman–Crippen LogP) is -0.678. The van der Waals surface area contributed by atoms with Crippen molar-refractivity contribution in [3.8, 4) is 0 Å². The van der Waals surface area contributed by atoms with Crippen LogP contribution in [-0.2, 0) is 51.5 Å². The van der Waals surface area contributed by atoms with Crippen molar-refractivity contribution in [3.63, 3.8) is 0 Å². The van der Waals surface area contributed by atoms with Gasteiger partial charge in [0.1, 0.15) is 0 Å². The smallest absolute Gasteiger partial charge is 1.00 e. The Morgan fingerprint density at radius 2 is 0.944 bits per heavy atom. The summed E-state index contributed by atoms with van der Waals surface area (Å²) < 4.78 is 1.16. The van der Waals surface area contributed by atoms with E-state index in [0.717, 1.165) is 26.2 Å². The average Bonchev–Trinajstić information content (AvgIpc) is 2.21. The van der Waals surface area contributed by atoms with E-state index in [1.165, 1.54) is 0 Å². The van der Waals surface area contributed by atoms with E-state index >= 15 is 0 Å². The minimum absolute atomic E-state index is 0. The van der Waals surface area contributed by atoms with Gasteiger partial charge in [0.25, 0.3) is 0 Å². The number of halogens is 1. The van der Waals surface area contributed by atoms with Gasteiger partial charge in [-0.05, 0) is 27.7 Å². The second-order valence-electron chi connectivity index (χ2n) is 2.88. The monoisotopic (exact) mass is 421 g/mol. The van der Waals surface area contributed by atoms with E-state index in [1.54, 1.807) is 0 Å². The summed E-state index contributed by atoms with van der Waals surface area (Å²) in [6.45, 7) is 11.9. The number of rotatable bonds is 4. The SMILES string of the molecule is CCN(CC)C(=S)[S-].CCN(CC)C(=S)[S-].[Cl-].[Zr+3]. The first-order chi connectivity index (χ1) is 7.44. The van der Waals surface area contributed by atoms with Gasteiger partial charge in [0, 0.05) is 26.2 Å². The maximum atomic E-state index is 4.76. The molecule has 0 saturated heterocycles. The summed E-state index contributed by atoms with van der Waals surface area (Å²) in [7, 11) is 0. The quantitative estimate of drug-likeness (QED) is 0.434. The van der Waals surface area contributed by atoms with E-state index in [2.05, 4.69) is 0 Å². The molecule has 0 aliphatic carbocycles.